The number of rotatable bonds is 2. The van der Waals surface area contributed by atoms with Gasteiger partial charge < -0.3 is 0 Å². The van der Waals surface area contributed by atoms with Crippen LogP contribution in [0.1, 0.15) is 57.1 Å². The van der Waals surface area contributed by atoms with Crippen LogP contribution < -0.4 is 0 Å². The van der Waals surface area contributed by atoms with Crippen LogP contribution >= 0.6 is 0 Å². The number of hydrogen-bond donors (Lipinski definition) is 0. The highest BCUT2D eigenvalue weighted by Crippen LogP contribution is 2.70. The van der Waals surface area contributed by atoms with E-state index in [1.807, 2.05) is 6.07 Å². The Morgan fingerprint density at radius 2 is 1.44 bits per heavy atom. The molecule has 0 saturated heterocycles. The maximum absolute atomic E-state index is 14.2. The predicted molar refractivity (Wildman–Crippen MR) is 110 cm³/mol. The maximum atomic E-state index is 14.2. The summed E-state index contributed by atoms with van der Waals surface area (Å²) >= 11 is 0. The Labute approximate surface area is 161 Å². The molecule has 2 atom stereocenters. The van der Waals surface area contributed by atoms with Crippen LogP contribution in [0.5, 0.6) is 0 Å². The van der Waals surface area contributed by atoms with Gasteiger partial charge in [-0.25, -0.2) is 0 Å². The molecular weight excluding hydrogens is 328 g/mol. The van der Waals surface area contributed by atoms with Crippen LogP contribution in [0.15, 0.2) is 77.4 Å². The molecule has 3 aliphatic rings. The van der Waals surface area contributed by atoms with Crippen LogP contribution in [0.2, 0.25) is 0 Å². The van der Waals surface area contributed by atoms with Crippen molar-refractivity contribution >= 4 is 11.4 Å². The van der Waals surface area contributed by atoms with Crippen LogP contribution in [0, 0.1) is 5.41 Å². The molecule has 136 valence electrons. The quantitative estimate of drug-likeness (QED) is 0.582. The van der Waals surface area contributed by atoms with E-state index in [0.717, 1.165) is 36.8 Å². The second-order valence-corrected chi connectivity index (χ2v) is 8.67. The van der Waals surface area contributed by atoms with Crippen molar-refractivity contribution in [2.45, 2.75) is 51.4 Å². The van der Waals surface area contributed by atoms with Gasteiger partial charge in [-0.2, -0.15) is 0 Å². The average Bonchev–Trinajstić information content (AvgIpc) is 3.18. The first-order valence-corrected chi connectivity index (χ1v) is 10.1. The fraction of sp³-hybridized carbons (Fsp3) is 0.346. The van der Waals surface area contributed by atoms with E-state index in [0.29, 0.717) is 5.78 Å². The lowest BCUT2D eigenvalue weighted by molar-refractivity contribution is -0.121. The molecule has 1 spiro atoms. The summed E-state index contributed by atoms with van der Waals surface area (Å²) in [6.45, 7) is 4.51. The van der Waals surface area contributed by atoms with Gasteiger partial charge in [0.25, 0.3) is 0 Å². The van der Waals surface area contributed by atoms with Crippen molar-refractivity contribution < 1.29 is 4.79 Å². The molecule has 3 aliphatic carbocycles. The fourth-order valence-corrected chi connectivity index (χ4v) is 6.25. The van der Waals surface area contributed by atoms with Crippen molar-refractivity contribution in [2.24, 2.45) is 5.41 Å². The summed E-state index contributed by atoms with van der Waals surface area (Å²) in [4.78, 5) is 14.2. The third-order valence-corrected chi connectivity index (χ3v) is 7.50. The van der Waals surface area contributed by atoms with Gasteiger partial charge in [-0.05, 0) is 57.1 Å². The standard InChI is InChI=1S/C26H26O/c1-18-16-25-15-9-14-22(25)23(20-10-5-3-6-11-20)24(27)26(25,17-19(18)2)21-12-7-4-8-13-21/h3-8,10-13H,9,14-17H2,1-2H3/t25-,26-/m0/s1. The molecule has 0 heterocycles. The predicted octanol–water partition coefficient (Wildman–Crippen LogP) is 6.26. The summed E-state index contributed by atoms with van der Waals surface area (Å²) in [5.74, 6) is 0.362. The van der Waals surface area contributed by atoms with Crippen molar-refractivity contribution in [3.8, 4) is 0 Å². The van der Waals surface area contributed by atoms with E-state index in [1.165, 1.54) is 28.7 Å². The van der Waals surface area contributed by atoms with Gasteiger partial charge in [0, 0.05) is 11.0 Å². The molecule has 0 unspecified atom stereocenters. The van der Waals surface area contributed by atoms with Gasteiger partial charge >= 0.3 is 0 Å². The molecular formula is C26H26O. The van der Waals surface area contributed by atoms with Crippen molar-refractivity contribution in [1.29, 1.82) is 0 Å². The summed E-state index contributed by atoms with van der Waals surface area (Å²) in [5, 5.41) is 0. The minimum atomic E-state index is -0.422. The number of Topliss-reactive ketones (excluding diaryl/α,β-unsaturated/α-hetero) is 1. The lowest BCUT2D eigenvalue weighted by Crippen LogP contribution is -2.49. The molecule has 2 aromatic carbocycles. The topological polar surface area (TPSA) is 17.1 Å². The molecule has 1 saturated carbocycles. The molecule has 2 aromatic rings. The SMILES string of the molecule is CC1=C(C)C[C@]2(c3ccccc3)C(=O)C(c3ccccc3)=C3CCC[C@]32C1. The van der Waals surface area contributed by atoms with Crippen LogP contribution in [-0.2, 0) is 10.2 Å². The van der Waals surface area contributed by atoms with Gasteiger partial charge in [0.05, 0.1) is 5.41 Å². The lowest BCUT2D eigenvalue weighted by atomic mass is 9.52. The third kappa shape index (κ3) is 2.03. The zero-order valence-electron chi connectivity index (χ0n) is 16.2. The van der Waals surface area contributed by atoms with Crippen LogP contribution in [0.25, 0.3) is 5.57 Å². The Morgan fingerprint density at radius 3 is 2.15 bits per heavy atom. The number of carbonyl (C=O) groups is 1. The summed E-state index contributed by atoms with van der Waals surface area (Å²) < 4.78 is 0. The molecule has 1 fully saturated rings. The maximum Gasteiger partial charge on any atom is 0.175 e. The second-order valence-electron chi connectivity index (χ2n) is 8.67. The van der Waals surface area contributed by atoms with E-state index >= 15 is 0 Å². The van der Waals surface area contributed by atoms with Crippen molar-refractivity contribution in [3.05, 3.63) is 88.5 Å². The first-order chi connectivity index (χ1) is 13.1. The Morgan fingerprint density at radius 1 is 0.815 bits per heavy atom. The van der Waals surface area contributed by atoms with E-state index in [4.69, 9.17) is 0 Å². The Hall–Kier alpha value is -2.41. The smallest absolute Gasteiger partial charge is 0.175 e. The first-order valence-electron chi connectivity index (χ1n) is 10.1. The summed E-state index contributed by atoms with van der Waals surface area (Å²) in [7, 11) is 0. The molecule has 0 N–H and O–H groups in total. The summed E-state index contributed by atoms with van der Waals surface area (Å²) in [6, 6.07) is 21.0. The molecule has 0 radical (unpaired) electrons. The van der Waals surface area contributed by atoms with E-state index in [1.54, 1.807) is 0 Å². The Balaban J connectivity index is 1.83. The van der Waals surface area contributed by atoms with Gasteiger partial charge in [-0.15, -0.1) is 0 Å². The summed E-state index contributed by atoms with van der Waals surface area (Å²) in [5.41, 5.74) is 7.23. The highest BCUT2D eigenvalue weighted by Gasteiger charge is 2.66. The normalized spacial score (nSPS) is 29.9. The number of ketones is 1. The number of allylic oxidation sites excluding steroid dienone is 4. The van der Waals surface area contributed by atoms with Gasteiger partial charge in [-0.1, -0.05) is 77.4 Å². The zero-order valence-corrected chi connectivity index (χ0v) is 16.2. The van der Waals surface area contributed by atoms with E-state index < -0.39 is 5.41 Å². The molecule has 0 aliphatic heterocycles. The van der Waals surface area contributed by atoms with E-state index in [-0.39, 0.29) is 5.41 Å². The minimum absolute atomic E-state index is 0.0276. The number of hydrogen-bond acceptors (Lipinski definition) is 1. The second kappa shape index (κ2) is 5.79. The van der Waals surface area contributed by atoms with Crippen molar-refractivity contribution in [2.75, 3.05) is 0 Å². The highest BCUT2D eigenvalue weighted by atomic mass is 16.1. The van der Waals surface area contributed by atoms with Gasteiger partial charge in [0.1, 0.15) is 0 Å². The first kappa shape index (κ1) is 16.7. The lowest BCUT2D eigenvalue weighted by Gasteiger charge is -2.49. The number of benzene rings is 2. The van der Waals surface area contributed by atoms with E-state index in [9.17, 15) is 4.79 Å². The van der Waals surface area contributed by atoms with Gasteiger partial charge in [-0.3, -0.25) is 4.79 Å². The molecule has 27 heavy (non-hydrogen) atoms. The molecule has 0 bridgehead atoms. The number of carbonyl (C=O) groups excluding carboxylic acids is 1. The molecule has 0 aromatic heterocycles. The third-order valence-electron chi connectivity index (χ3n) is 7.50. The van der Waals surface area contributed by atoms with Gasteiger partial charge in [0.2, 0.25) is 0 Å². The van der Waals surface area contributed by atoms with Crippen molar-refractivity contribution in [1.82, 2.24) is 0 Å². The van der Waals surface area contributed by atoms with Crippen LogP contribution in [0.3, 0.4) is 0 Å². The minimum Gasteiger partial charge on any atom is -0.293 e. The van der Waals surface area contributed by atoms with Crippen LogP contribution in [0.4, 0.5) is 0 Å². The molecule has 1 heteroatoms. The fourth-order valence-electron chi connectivity index (χ4n) is 6.25. The Bertz CT molecular complexity index is 979. The Kier molecular flexibility index (Phi) is 3.59. The summed E-state index contributed by atoms with van der Waals surface area (Å²) in [6.07, 6.45) is 5.29. The largest absolute Gasteiger partial charge is 0.293 e. The monoisotopic (exact) mass is 354 g/mol. The molecule has 5 rings (SSSR count). The molecule has 0 amide bonds. The molecule has 1 nitrogen and oxygen atoms in total. The van der Waals surface area contributed by atoms with Crippen LogP contribution in [-0.4, -0.2) is 5.78 Å². The highest BCUT2D eigenvalue weighted by molar-refractivity contribution is 6.30. The van der Waals surface area contributed by atoms with Gasteiger partial charge in [0.15, 0.2) is 5.78 Å². The average molecular weight is 354 g/mol. The van der Waals surface area contributed by atoms with Crippen molar-refractivity contribution in [3.63, 3.8) is 0 Å². The zero-order chi connectivity index (χ0) is 18.6. The van der Waals surface area contributed by atoms with E-state index in [2.05, 4.69) is 68.4 Å².